The van der Waals surface area contributed by atoms with Gasteiger partial charge in [-0.15, -0.1) is 0 Å². The van der Waals surface area contributed by atoms with Gasteiger partial charge in [0.25, 0.3) is 0 Å². The summed E-state index contributed by atoms with van der Waals surface area (Å²) in [5.74, 6) is -0.369. The number of nitrogens with zero attached hydrogens (tertiary/aromatic N) is 1. The van der Waals surface area contributed by atoms with Crippen LogP contribution >= 0.6 is 0 Å². The highest BCUT2D eigenvalue weighted by Gasteiger charge is 2.27. The third kappa shape index (κ3) is 1.55. The number of aromatic nitrogens is 1. The SMILES string of the molecule is Cc1ccn(C2CCC(=O)NC2=O)c1. The van der Waals surface area contributed by atoms with Gasteiger partial charge in [0.05, 0.1) is 0 Å². The lowest BCUT2D eigenvalue weighted by Gasteiger charge is -2.21. The Labute approximate surface area is 81.9 Å². The Hall–Kier alpha value is -1.58. The Balaban J connectivity index is 2.19. The minimum Gasteiger partial charge on any atom is -0.342 e. The first kappa shape index (κ1) is 8.99. The third-order valence-corrected chi connectivity index (χ3v) is 2.43. The van der Waals surface area contributed by atoms with Crippen LogP contribution in [-0.2, 0) is 9.59 Å². The molecule has 14 heavy (non-hydrogen) atoms. The topological polar surface area (TPSA) is 51.1 Å². The van der Waals surface area contributed by atoms with Gasteiger partial charge in [0, 0.05) is 18.8 Å². The van der Waals surface area contributed by atoms with Crippen molar-refractivity contribution >= 4 is 11.8 Å². The maximum atomic E-state index is 11.5. The van der Waals surface area contributed by atoms with Crippen LogP contribution < -0.4 is 5.32 Å². The maximum Gasteiger partial charge on any atom is 0.249 e. The first-order chi connectivity index (χ1) is 6.66. The molecule has 74 valence electrons. The summed E-state index contributed by atoms with van der Waals surface area (Å²) >= 11 is 0. The molecule has 1 saturated heterocycles. The summed E-state index contributed by atoms with van der Waals surface area (Å²) in [7, 11) is 0. The van der Waals surface area contributed by atoms with E-state index in [0.29, 0.717) is 12.8 Å². The second-order valence-corrected chi connectivity index (χ2v) is 3.60. The van der Waals surface area contributed by atoms with Gasteiger partial charge in [-0.2, -0.15) is 0 Å². The van der Waals surface area contributed by atoms with Gasteiger partial charge in [-0.1, -0.05) is 0 Å². The molecule has 1 aromatic heterocycles. The highest BCUT2D eigenvalue weighted by molar-refractivity contribution is 5.99. The molecule has 0 spiro atoms. The fourth-order valence-corrected chi connectivity index (χ4v) is 1.69. The number of hydrogen-bond donors (Lipinski definition) is 1. The van der Waals surface area contributed by atoms with Crippen molar-refractivity contribution in [2.75, 3.05) is 0 Å². The van der Waals surface area contributed by atoms with Gasteiger partial charge in [-0.25, -0.2) is 0 Å². The molecule has 0 aromatic carbocycles. The Morgan fingerprint density at radius 1 is 1.50 bits per heavy atom. The average Bonchev–Trinajstić information content (AvgIpc) is 2.51. The fourth-order valence-electron chi connectivity index (χ4n) is 1.69. The summed E-state index contributed by atoms with van der Waals surface area (Å²) < 4.78 is 1.86. The van der Waals surface area contributed by atoms with Crippen molar-refractivity contribution in [1.82, 2.24) is 9.88 Å². The molecule has 1 unspecified atom stereocenters. The van der Waals surface area contributed by atoms with E-state index in [1.165, 1.54) is 0 Å². The third-order valence-electron chi connectivity index (χ3n) is 2.43. The van der Waals surface area contributed by atoms with Crippen molar-refractivity contribution in [1.29, 1.82) is 0 Å². The molecule has 4 nitrogen and oxygen atoms in total. The molecule has 0 bridgehead atoms. The zero-order chi connectivity index (χ0) is 10.1. The number of nitrogens with one attached hydrogen (secondary N) is 1. The van der Waals surface area contributed by atoms with Crippen LogP contribution in [0.15, 0.2) is 18.5 Å². The monoisotopic (exact) mass is 192 g/mol. The number of imide groups is 1. The zero-order valence-electron chi connectivity index (χ0n) is 7.99. The van der Waals surface area contributed by atoms with Crippen LogP contribution in [0.1, 0.15) is 24.4 Å². The molecule has 1 fully saturated rings. The predicted molar refractivity (Wildman–Crippen MR) is 50.6 cm³/mol. The average molecular weight is 192 g/mol. The summed E-state index contributed by atoms with van der Waals surface area (Å²) in [6.45, 7) is 1.97. The molecule has 0 saturated carbocycles. The van der Waals surface area contributed by atoms with Crippen LogP contribution in [-0.4, -0.2) is 16.4 Å². The van der Waals surface area contributed by atoms with Crippen LogP contribution in [0.2, 0.25) is 0 Å². The van der Waals surface area contributed by atoms with Crippen molar-refractivity contribution in [3.63, 3.8) is 0 Å². The first-order valence-corrected chi connectivity index (χ1v) is 4.64. The molecule has 2 amide bonds. The van der Waals surface area contributed by atoms with E-state index >= 15 is 0 Å². The predicted octanol–water partition coefficient (Wildman–Crippen LogP) is 0.774. The minimum absolute atomic E-state index is 0.171. The molecule has 2 rings (SSSR count). The molecule has 1 N–H and O–H groups in total. The van der Waals surface area contributed by atoms with E-state index in [0.717, 1.165) is 5.56 Å². The summed E-state index contributed by atoms with van der Waals surface area (Å²) in [6, 6.07) is 1.73. The number of rotatable bonds is 1. The van der Waals surface area contributed by atoms with Crippen molar-refractivity contribution < 1.29 is 9.59 Å². The summed E-state index contributed by atoms with van der Waals surface area (Å²) in [5, 5.41) is 2.34. The molecule has 2 heterocycles. The smallest absolute Gasteiger partial charge is 0.249 e. The van der Waals surface area contributed by atoms with Crippen molar-refractivity contribution in [2.45, 2.75) is 25.8 Å². The molecule has 1 aromatic rings. The van der Waals surface area contributed by atoms with Crippen molar-refractivity contribution in [2.24, 2.45) is 0 Å². The second-order valence-electron chi connectivity index (χ2n) is 3.60. The quantitative estimate of drug-likeness (QED) is 0.668. The number of amides is 2. The lowest BCUT2D eigenvalue weighted by molar-refractivity contribution is -0.135. The van der Waals surface area contributed by atoms with Gasteiger partial charge in [-0.05, 0) is 25.0 Å². The van der Waals surface area contributed by atoms with Gasteiger partial charge in [0.15, 0.2) is 0 Å². The maximum absolute atomic E-state index is 11.5. The van der Waals surface area contributed by atoms with Crippen LogP contribution in [0, 0.1) is 6.92 Å². The minimum atomic E-state index is -0.221. The summed E-state index contributed by atoms with van der Waals surface area (Å²) in [5.41, 5.74) is 1.12. The van der Waals surface area contributed by atoms with E-state index < -0.39 is 0 Å². The van der Waals surface area contributed by atoms with Crippen molar-refractivity contribution in [3.05, 3.63) is 24.0 Å². The van der Waals surface area contributed by atoms with Crippen molar-refractivity contribution in [3.8, 4) is 0 Å². The lowest BCUT2D eigenvalue weighted by Crippen LogP contribution is -2.41. The van der Waals surface area contributed by atoms with Crippen LogP contribution in [0.3, 0.4) is 0 Å². The van der Waals surface area contributed by atoms with Gasteiger partial charge >= 0.3 is 0 Å². The zero-order valence-corrected chi connectivity index (χ0v) is 7.99. The van der Waals surface area contributed by atoms with Crippen LogP contribution in [0.5, 0.6) is 0 Å². The summed E-state index contributed by atoms with van der Waals surface area (Å²) in [4.78, 5) is 22.4. The molecule has 1 aliphatic rings. The number of piperidine rings is 1. The largest absolute Gasteiger partial charge is 0.342 e. The Morgan fingerprint density at radius 2 is 2.29 bits per heavy atom. The highest BCUT2D eigenvalue weighted by atomic mass is 16.2. The van der Waals surface area contributed by atoms with Crippen LogP contribution in [0.4, 0.5) is 0 Å². The number of hydrogen-bond acceptors (Lipinski definition) is 2. The number of carbonyl (C=O) groups is 2. The van der Waals surface area contributed by atoms with Crippen LogP contribution in [0.25, 0.3) is 0 Å². The Bertz CT molecular complexity index is 381. The van der Waals surface area contributed by atoms with Gasteiger partial charge in [0.2, 0.25) is 11.8 Å². The molecule has 1 atom stereocenters. The Kier molecular flexibility index (Phi) is 2.11. The molecule has 4 heteroatoms. The summed E-state index contributed by atoms with van der Waals surface area (Å²) in [6.07, 6.45) is 4.81. The number of aryl methyl sites for hydroxylation is 1. The molecular formula is C10H12N2O2. The molecule has 0 radical (unpaired) electrons. The van der Waals surface area contributed by atoms with E-state index in [1.807, 2.05) is 30.0 Å². The lowest BCUT2D eigenvalue weighted by atomic mass is 10.1. The molecule has 0 aliphatic carbocycles. The van der Waals surface area contributed by atoms with E-state index in [4.69, 9.17) is 0 Å². The fraction of sp³-hybridized carbons (Fsp3) is 0.400. The van der Waals surface area contributed by atoms with E-state index in [-0.39, 0.29) is 17.9 Å². The van der Waals surface area contributed by atoms with Gasteiger partial charge in [0.1, 0.15) is 6.04 Å². The van der Waals surface area contributed by atoms with Gasteiger partial charge < -0.3 is 4.57 Å². The molecular weight excluding hydrogens is 180 g/mol. The van der Waals surface area contributed by atoms with E-state index in [2.05, 4.69) is 5.32 Å². The van der Waals surface area contributed by atoms with E-state index in [1.54, 1.807) is 0 Å². The van der Waals surface area contributed by atoms with Gasteiger partial charge in [-0.3, -0.25) is 14.9 Å². The second kappa shape index (κ2) is 3.29. The first-order valence-electron chi connectivity index (χ1n) is 4.64. The standard InChI is InChI=1S/C10H12N2O2/c1-7-4-5-12(6-7)8-2-3-9(13)11-10(8)14/h4-6,8H,2-3H2,1H3,(H,11,13,14). The normalized spacial score (nSPS) is 22.2. The number of carbonyl (C=O) groups excluding carboxylic acids is 2. The highest BCUT2D eigenvalue weighted by Crippen LogP contribution is 2.19. The molecule has 1 aliphatic heterocycles. The Morgan fingerprint density at radius 3 is 2.86 bits per heavy atom. The van der Waals surface area contributed by atoms with E-state index in [9.17, 15) is 9.59 Å².